The molecule has 0 fully saturated rings. The summed E-state index contributed by atoms with van der Waals surface area (Å²) in [6.45, 7) is 1.90. The van der Waals surface area contributed by atoms with E-state index in [1.165, 1.54) is 0 Å². The van der Waals surface area contributed by atoms with Crippen LogP contribution in [0.5, 0.6) is 0 Å². The van der Waals surface area contributed by atoms with Gasteiger partial charge in [0.2, 0.25) is 0 Å². The van der Waals surface area contributed by atoms with E-state index < -0.39 is 6.10 Å². The number of carbonyl (C=O) groups is 1. The molecule has 4 nitrogen and oxygen atoms in total. The average Bonchev–Trinajstić information content (AvgIpc) is 2.86. The van der Waals surface area contributed by atoms with E-state index in [2.05, 4.69) is 5.32 Å². The zero-order valence-electron chi connectivity index (χ0n) is 11.8. The highest BCUT2D eigenvalue weighted by Crippen LogP contribution is 2.17. The number of hydrogen-bond acceptors (Lipinski definition) is 2. The number of amides is 1. The van der Waals surface area contributed by atoms with E-state index in [-0.39, 0.29) is 11.9 Å². The van der Waals surface area contributed by atoms with Crippen molar-refractivity contribution in [2.45, 2.75) is 25.5 Å². The van der Waals surface area contributed by atoms with Gasteiger partial charge in [0.25, 0.3) is 5.91 Å². The lowest BCUT2D eigenvalue weighted by Gasteiger charge is -2.18. The third-order valence-electron chi connectivity index (χ3n) is 3.32. The summed E-state index contributed by atoms with van der Waals surface area (Å²) in [5, 5.41) is 13.0. The first-order valence-electron chi connectivity index (χ1n) is 6.73. The summed E-state index contributed by atoms with van der Waals surface area (Å²) in [7, 11) is 1.83. The largest absolute Gasteiger partial charge is 0.388 e. The van der Waals surface area contributed by atoms with E-state index in [0.717, 1.165) is 5.56 Å². The molecule has 0 bridgehead atoms. The first-order chi connectivity index (χ1) is 9.58. The number of nitrogens with zero attached hydrogens (tertiary/aromatic N) is 1. The average molecular weight is 272 g/mol. The number of carbonyl (C=O) groups excluding carboxylic acids is 1. The second kappa shape index (κ2) is 6.39. The Morgan fingerprint density at radius 3 is 2.55 bits per heavy atom. The Labute approximate surface area is 119 Å². The molecule has 20 heavy (non-hydrogen) atoms. The maximum atomic E-state index is 12.0. The van der Waals surface area contributed by atoms with Crippen molar-refractivity contribution in [2.75, 3.05) is 0 Å². The summed E-state index contributed by atoms with van der Waals surface area (Å²) >= 11 is 0. The van der Waals surface area contributed by atoms with E-state index in [9.17, 15) is 9.90 Å². The second-order valence-corrected chi connectivity index (χ2v) is 5.04. The van der Waals surface area contributed by atoms with Crippen LogP contribution in [-0.4, -0.2) is 21.6 Å². The molecular formula is C16H20N2O2. The number of aliphatic hydroxyl groups excluding tert-OH is 1. The molecule has 2 aromatic rings. The molecule has 1 heterocycles. The summed E-state index contributed by atoms with van der Waals surface area (Å²) in [5.74, 6) is -0.120. The maximum Gasteiger partial charge on any atom is 0.268 e. The van der Waals surface area contributed by atoms with Crippen molar-refractivity contribution in [1.29, 1.82) is 0 Å². The molecule has 0 radical (unpaired) electrons. The van der Waals surface area contributed by atoms with E-state index >= 15 is 0 Å². The first-order valence-corrected chi connectivity index (χ1v) is 6.73. The van der Waals surface area contributed by atoms with Gasteiger partial charge in [0.15, 0.2) is 0 Å². The first kappa shape index (κ1) is 14.3. The number of aryl methyl sites for hydroxylation is 1. The normalized spacial score (nSPS) is 13.8. The van der Waals surface area contributed by atoms with Crippen molar-refractivity contribution in [3.63, 3.8) is 0 Å². The molecule has 2 atom stereocenters. The molecule has 0 aliphatic heterocycles. The molecule has 1 amide bonds. The van der Waals surface area contributed by atoms with Crippen LogP contribution in [0.4, 0.5) is 0 Å². The molecule has 0 saturated carbocycles. The fraction of sp³-hybridized carbons (Fsp3) is 0.312. The molecule has 106 valence electrons. The Bertz CT molecular complexity index is 563. The minimum atomic E-state index is -0.570. The number of hydrogen-bond donors (Lipinski definition) is 2. The number of nitrogens with one attached hydrogen (secondary N) is 1. The lowest BCUT2D eigenvalue weighted by atomic mass is 10.0. The molecule has 1 aromatic carbocycles. The molecule has 4 heteroatoms. The molecular weight excluding hydrogens is 252 g/mol. The van der Waals surface area contributed by atoms with Crippen molar-refractivity contribution in [3.05, 3.63) is 59.9 Å². The summed E-state index contributed by atoms with van der Waals surface area (Å²) in [5.41, 5.74) is 1.48. The maximum absolute atomic E-state index is 12.0. The van der Waals surface area contributed by atoms with Crippen molar-refractivity contribution in [2.24, 2.45) is 7.05 Å². The molecule has 2 rings (SSSR count). The van der Waals surface area contributed by atoms with E-state index in [4.69, 9.17) is 0 Å². The molecule has 2 unspecified atom stereocenters. The topological polar surface area (TPSA) is 54.3 Å². The zero-order chi connectivity index (χ0) is 14.5. The van der Waals surface area contributed by atoms with E-state index in [1.807, 2.05) is 56.6 Å². The molecule has 0 saturated heterocycles. The summed E-state index contributed by atoms with van der Waals surface area (Å²) in [6.07, 6.45) is 1.75. The van der Waals surface area contributed by atoms with Crippen LogP contribution in [0.25, 0.3) is 0 Å². The van der Waals surface area contributed by atoms with Gasteiger partial charge in [-0.05, 0) is 31.0 Å². The van der Waals surface area contributed by atoms with Gasteiger partial charge in [0.05, 0.1) is 6.10 Å². The SMILES string of the molecule is CC(CC(O)c1ccccc1)NC(=O)c1cccn1C. The lowest BCUT2D eigenvalue weighted by Crippen LogP contribution is -2.34. The Balaban J connectivity index is 1.91. The monoisotopic (exact) mass is 272 g/mol. The highest BCUT2D eigenvalue weighted by atomic mass is 16.3. The number of rotatable bonds is 5. The molecule has 0 aliphatic rings. The van der Waals surface area contributed by atoms with E-state index in [1.54, 1.807) is 10.6 Å². The van der Waals surface area contributed by atoms with Crippen LogP contribution in [0.1, 0.15) is 35.5 Å². The van der Waals surface area contributed by atoms with Crippen LogP contribution in [-0.2, 0) is 7.05 Å². The second-order valence-electron chi connectivity index (χ2n) is 5.04. The van der Waals surface area contributed by atoms with Gasteiger partial charge >= 0.3 is 0 Å². The van der Waals surface area contributed by atoms with Gasteiger partial charge in [-0.15, -0.1) is 0 Å². The number of aliphatic hydroxyl groups is 1. The van der Waals surface area contributed by atoms with Crippen molar-refractivity contribution in [1.82, 2.24) is 9.88 Å². The van der Waals surface area contributed by atoms with Crippen LogP contribution in [0.3, 0.4) is 0 Å². The highest BCUT2D eigenvalue weighted by molar-refractivity contribution is 5.92. The fourth-order valence-electron chi connectivity index (χ4n) is 2.20. The third-order valence-corrected chi connectivity index (χ3v) is 3.32. The van der Waals surface area contributed by atoms with Crippen molar-refractivity contribution < 1.29 is 9.90 Å². The Morgan fingerprint density at radius 2 is 1.95 bits per heavy atom. The smallest absolute Gasteiger partial charge is 0.268 e. The summed E-state index contributed by atoms with van der Waals surface area (Å²) in [6, 6.07) is 13.0. The third kappa shape index (κ3) is 3.48. The quantitative estimate of drug-likeness (QED) is 0.877. The predicted octanol–water partition coefficient (Wildman–Crippen LogP) is 2.27. The van der Waals surface area contributed by atoms with Gasteiger partial charge in [0, 0.05) is 19.3 Å². The fourth-order valence-corrected chi connectivity index (χ4v) is 2.20. The minimum absolute atomic E-state index is 0.104. The zero-order valence-corrected chi connectivity index (χ0v) is 11.8. The standard InChI is InChI=1S/C16H20N2O2/c1-12(11-15(19)13-7-4-3-5-8-13)17-16(20)14-9-6-10-18(14)2/h3-10,12,15,19H,11H2,1-2H3,(H,17,20). The molecule has 1 aromatic heterocycles. The van der Waals surface area contributed by atoms with Gasteiger partial charge < -0.3 is 15.0 Å². The number of benzene rings is 1. The lowest BCUT2D eigenvalue weighted by molar-refractivity contribution is 0.0909. The van der Waals surface area contributed by atoms with Crippen LogP contribution in [0, 0.1) is 0 Å². The van der Waals surface area contributed by atoms with Crippen LogP contribution in [0.2, 0.25) is 0 Å². The summed E-state index contributed by atoms with van der Waals surface area (Å²) < 4.78 is 1.77. The molecule has 0 aliphatic carbocycles. The molecule has 0 spiro atoms. The van der Waals surface area contributed by atoms with Crippen LogP contribution < -0.4 is 5.32 Å². The Morgan fingerprint density at radius 1 is 1.25 bits per heavy atom. The van der Waals surface area contributed by atoms with Crippen LogP contribution >= 0.6 is 0 Å². The van der Waals surface area contributed by atoms with Crippen molar-refractivity contribution in [3.8, 4) is 0 Å². The Hall–Kier alpha value is -2.07. The van der Waals surface area contributed by atoms with Gasteiger partial charge in [-0.1, -0.05) is 30.3 Å². The predicted molar refractivity (Wildman–Crippen MR) is 78.4 cm³/mol. The highest BCUT2D eigenvalue weighted by Gasteiger charge is 2.16. The van der Waals surface area contributed by atoms with E-state index in [0.29, 0.717) is 12.1 Å². The number of aromatic nitrogens is 1. The Kier molecular flexibility index (Phi) is 4.58. The molecule has 2 N–H and O–H groups in total. The van der Waals surface area contributed by atoms with Gasteiger partial charge in [-0.25, -0.2) is 0 Å². The minimum Gasteiger partial charge on any atom is -0.388 e. The summed E-state index contributed by atoms with van der Waals surface area (Å²) in [4.78, 5) is 12.0. The van der Waals surface area contributed by atoms with Gasteiger partial charge in [-0.3, -0.25) is 4.79 Å². The van der Waals surface area contributed by atoms with Gasteiger partial charge in [0.1, 0.15) is 5.69 Å². The van der Waals surface area contributed by atoms with Gasteiger partial charge in [-0.2, -0.15) is 0 Å². The van der Waals surface area contributed by atoms with Crippen LogP contribution in [0.15, 0.2) is 48.7 Å². The van der Waals surface area contributed by atoms with Crippen molar-refractivity contribution >= 4 is 5.91 Å².